The quantitative estimate of drug-likeness (QED) is 0.706. The van der Waals surface area contributed by atoms with Crippen LogP contribution in [0.5, 0.6) is 5.75 Å². The largest absolute Gasteiger partial charge is 0.497 e. The lowest BCUT2D eigenvalue weighted by Gasteiger charge is -2.23. The number of imidazole rings is 1. The number of fused-ring (bicyclic) bond motifs is 1. The van der Waals surface area contributed by atoms with Crippen molar-refractivity contribution in [2.45, 2.75) is 13.1 Å². The first-order valence-electron chi connectivity index (χ1n) is 7.25. The van der Waals surface area contributed by atoms with Crippen LogP contribution in [0, 0.1) is 0 Å². The van der Waals surface area contributed by atoms with E-state index in [0.29, 0.717) is 18.2 Å². The van der Waals surface area contributed by atoms with Crippen LogP contribution >= 0.6 is 12.2 Å². The van der Waals surface area contributed by atoms with Crippen LogP contribution in [0.4, 0.5) is 0 Å². The smallest absolute Gasteiger partial charge is 0.166 e. The molecule has 0 saturated carbocycles. The number of benzene rings is 2. The van der Waals surface area contributed by atoms with Crippen LogP contribution < -0.4 is 10.5 Å². The van der Waals surface area contributed by atoms with Crippen molar-refractivity contribution in [2.75, 3.05) is 7.11 Å². The lowest BCUT2D eigenvalue weighted by atomic mass is 10.1. The molecule has 0 radical (unpaired) electrons. The number of nitrogens with two attached hydrogens (primary N) is 1. The van der Waals surface area contributed by atoms with E-state index in [2.05, 4.69) is 16.0 Å². The summed E-state index contributed by atoms with van der Waals surface area (Å²) in [6.45, 7) is 1.30. The Balaban J connectivity index is 1.76. The first kappa shape index (κ1) is 15.3. The molecule has 118 valence electrons. The van der Waals surface area contributed by atoms with E-state index in [1.165, 1.54) is 0 Å². The predicted octanol–water partition coefficient (Wildman–Crippen LogP) is 2.82. The van der Waals surface area contributed by atoms with Gasteiger partial charge in [-0.05, 0) is 47.6 Å². The van der Waals surface area contributed by atoms with Gasteiger partial charge in [0.25, 0.3) is 0 Å². The summed E-state index contributed by atoms with van der Waals surface area (Å²) in [5.74, 6) is 0.834. The number of aromatic nitrogens is 2. The molecule has 0 aliphatic heterocycles. The van der Waals surface area contributed by atoms with Crippen LogP contribution in [0.2, 0.25) is 0 Å². The number of aromatic amines is 1. The van der Waals surface area contributed by atoms with Crippen LogP contribution in [0.25, 0.3) is 11.0 Å². The maximum absolute atomic E-state index is 5.89. The Morgan fingerprint density at radius 1 is 1.17 bits per heavy atom. The number of hydrogen-bond acceptors (Lipinski definition) is 3. The summed E-state index contributed by atoms with van der Waals surface area (Å²) < 4.78 is 5.18. The second kappa shape index (κ2) is 6.66. The van der Waals surface area contributed by atoms with Gasteiger partial charge in [-0.25, -0.2) is 4.98 Å². The monoisotopic (exact) mass is 326 g/mol. The Morgan fingerprint density at radius 3 is 2.57 bits per heavy atom. The molecule has 0 aliphatic carbocycles. The molecular weight excluding hydrogens is 308 g/mol. The normalized spacial score (nSPS) is 10.7. The highest BCUT2D eigenvalue weighted by Crippen LogP contribution is 2.17. The van der Waals surface area contributed by atoms with Crippen molar-refractivity contribution >= 4 is 28.4 Å². The summed E-state index contributed by atoms with van der Waals surface area (Å²) in [7, 11) is 1.65. The zero-order valence-corrected chi connectivity index (χ0v) is 13.6. The van der Waals surface area contributed by atoms with E-state index in [1.807, 2.05) is 41.3 Å². The summed E-state index contributed by atoms with van der Waals surface area (Å²) in [6.07, 6.45) is 1.69. The topological polar surface area (TPSA) is 67.2 Å². The molecule has 3 rings (SSSR count). The molecule has 5 nitrogen and oxygen atoms in total. The molecule has 0 saturated heterocycles. The molecule has 3 N–H and O–H groups in total. The van der Waals surface area contributed by atoms with Crippen LogP contribution in [0.1, 0.15) is 11.1 Å². The van der Waals surface area contributed by atoms with Crippen LogP contribution in [0.15, 0.2) is 48.8 Å². The second-order valence-corrected chi connectivity index (χ2v) is 5.71. The lowest BCUT2D eigenvalue weighted by molar-refractivity contribution is 0.405. The maximum Gasteiger partial charge on any atom is 0.166 e. The summed E-state index contributed by atoms with van der Waals surface area (Å²) in [6, 6.07) is 14.0. The average Bonchev–Trinajstić information content (AvgIpc) is 3.02. The summed E-state index contributed by atoms with van der Waals surface area (Å²) in [4.78, 5) is 9.31. The van der Waals surface area contributed by atoms with Crippen molar-refractivity contribution in [1.29, 1.82) is 0 Å². The fraction of sp³-hybridized carbons (Fsp3) is 0.176. The van der Waals surface area contributed by atoms with Gasteiger partial charge >= 0.3 is 0 Å². The highest BCUT2D eigenvalue weighted by Gasteiger charge is 2.09. The van der Waals surface area contributed by atoms with Gasteiger partial charge in [-0.2, -0.15) is 0 Å². The minimum absolute atomic E-state index is 0.380. The molecule has 0 unspecified atom stereocenters. The Hall–Kier alpha value is -2.60. The Morgan fingerprint density at radius 2 is 1.87 bits per heavy atom. The van der Waals surface area contributed by atoms with E-state index in [-0.39, 0.29) is 0 Å². The third-order valence-electron chi connectivity index (χ3n) is 3.70. The number of nitrogens with zero attached hydrogens (tertiary/aromatic N) is 2. The van der Waals surface area contributed by atoms with Crippen LogP contribution in [-0.4, -0.2) is 27.1 Å². The number of methoxy groups -OCH3 is 1. The number of hydrogen-bond donors (Lipinski definition) is 2. The molecule has 3 aromatic rings. The van der Waals surface area contributed by atoms with Gasteiger partial charge in [0, 0.05) is 13.1 Å². The molecule has 6 heteroatoms. The van der Waals surface area contributed by atoms with Crippen molar-refractivity contribution in [2.24, 2.45) is 5.73 Å². The molecule has 0 atom stereocenters. The van der Waals surface area contributed by atoms with E-state index >= 15 is 0 Å². The van der Waals surface area contributed by atoms with Gasteiger partial charge in [-0.1, -0.05) is 18.2 Å². The molecule has 1 aromatic heterocycles. The second-order valence-electron chi connectivity index (χ2n) is 5.30. The molecule has 0 bridgehead atoms. The van der Waals surface area contributed by atoms with Gasteiger partial charge in [0.05, 0.1) is 24.5 Å². The number of nitrogens with one attached hydrogen (secondary N) is 1. The Labute approximate surface area is 140 Å². The fourth-order valence-electron chi connectivity index (χ4n) is 2.46. The third kappa shape index (κ3) is 3.60. The van der Waals surface area contributed by atoms with Gasteiger partial charge < -0.3 is 20.4 Å². The SMILES string of the molecule is COc1ccc(CN(Cc2ccc3nc[nH]c3c2)C(N)=S)cc1. The number of thiocarbonyl (C=S) groups is 1. The van der Waals surface area contributed by atoms with E-state index in [0.717, 1.165) is 27.9 Å². The minimum atomic E-state index is 0.380. The Bertz CT molecular complexity index is 813. The highest BCUT2D eigenvalue weighted by molar-refractivity contribution is 7.80. The number of H-pyrrole nitrogens is 1. The predicted molar refractivity (Wildman–Crippen MR) is 95.1 cm³/mol. The lowest BCUT2D eigenvalue weighted by Crippen LogP contribution is -2.34. The zero-order chi connectivity index (χ0) is 16.2. The molecular formula is C17H18N4OS. The third-order valence-corrected chi connectivity index (χ3v) is 3.96. The van der Waals surface area contributed by atoms with E-state index in [9.17, 15) is 0 Å². The van der Waals surface area contributed by atoms with Gasteiger partial charge in [-0.3, -0.25) is 0 Å². The molecule has 0 spiro atoms. The molecule has 0 amide bonds. The Kier molecular flexibility index (Phi) is 4.43. The van der Waals surface area contributed by atoms with Gasteiger partial charge in [0.2, 0.25) is 0 Å². The standard InChI is InChI=1S/C17H18N4OS/c1-22-14-5-2-12(3-6-14)9-21(17(18)23)10-13-4-7-15-16(8-13)20-11-19-15/h2-8,11H,9-10H2,1H3,(H2,18,23)(H,19,20). The van der Waals surface area contributed by atoms with Crippen LogP contribution in [-0.2, 0) is 13.1 Å². The number of rotatable bonds is 5. The van der Waals surface area contributed by atoms with Crippen molar-refractivity contribution in [3.8, 4) is 5.75 Å². The average molecular weight is 326 g/mol. The van der Waals surface area contributed by atoms with Crippen LogP contribution in [0.3, 0.4) is 0 Å². The van der Waals surface area contributed by atoms with Crippen molar-refractivity contribution in [3.63, 3.8) is 0 Å². The first-order valence-corrected chi connectivity index (χ1v) is 7.66. The first-order chi connectivity index (χ1) is 11.2. The summed E-state index contributed by atoms with van der Waals surface area (Å²) >= 11 is 5.20. The summed E-state index contributed by atoms with van der Waals surface area (Å²) in [5, 5.41) is 0.380. The minimum Gasteiger partial charge on any atom is -0.497 e. The molecule has 0 aliphatic rings. The van der Waals surface area contributed by atoms with Crippen molar-refractivity contribution < 1.29 is 4.74 Å². The van der Waals surface area contributed by atoms with Gasteiger partial charge in [0.1, 0.15) is 5.75 Å². The van der Waals surface area contributed by atoms with Crippen molar-refractivity contribution in [1.82, 2.24) is 14.9 Å². The zero-order valence-electron chi connectivity index (χ0n) is 12.8. The molecule has 0 fully saturated rings. The molecule has 2 aromatic carbocycles. The maximum atomic E-state index is 5.89. The van der Waals surface area contributed by atoms with Gasteiger partial charge in [-0.15, -0.1) is 0 Å². The highest BCUT2D eigenvalue weighted by atomic mass is 32.1. The van der Waals surface area contributed by atoms with E-state index < -0.39 is 0 Å². The fourth-order valence-corrected chi connectivity index (χ4v) is 2.59. The molecule has 1 heterocycles. The molecule has 23 heavy (non-hydrogen) atoms. The number of ether oxygens (including phenoxy) is 1. The van der Waals surface area contributed by atoms with E-state index in [1.54, 1.807) is 13.4 Å². The van der Waals surface area contributed by atoms with Crippen molar-refractivity contribution in [3.05, 3.63) is 59.9 Å². The van der Waals surface area contributed by atoms with Gasteiger partial charge in [0.15, 0.2) is 5.11 Å². The summed E-state index contributed by atoms with van der Waals surface area (Å²) in [5.41, 5.74) is 10.1. The van der Waals surface area contributed by atoms with E-state index in [4.69, 9.17) is 22.7 Å².